The van der Waals surface area contributed by atoms with Gasteiger partial charge in [-0.1, -0.05) is 0 Å². The van der Waals surface area contributed by atoms with Gasteiger partial charge in [-0.15, -0.1) is 0 Å². The van der Waals surface area contributed by atoms with Crippen molar-refractivity contribution in [1.29, 1.82) is 0 Å². The highest BCUT2D eigenvalue weighted by Gasteiger charge is 2.10. The lowest BCUT2D eigenvalue weighted by Gasteiger charge is -2.14. The van der Waals surface area contributed by atoms with Gasteiger partial charge in [0.05, 0.1) is 13.2 Å². The first-order chi connectivity index (χ1) is 7.58. The predicted octanol–water partition coefficient (Wildman–Crippen LogP) is 1.84. The van der Waals surface area contributed by atoms with Gasteiger partial charge in [0.25, 0.3) is 5.91 Å². The second-order valence-corrected chi connectivity index (χ2v) is 3.61. The number of amides is 1. The van der Waals surface area contributed by atoms with Crippen molar-refractivity contribution >= 4 is 5.91 Å². The number of ether oxygens (including phenoxy) is 2. The summed E-state index contributed by atoms with van der Waals surface area (Å²) in [4.78, 5) is 11.4. The Labute approximate surface area is 95.6 Å². The molecule has 0 saturated heterocycles. The monoisotopic (exact) mass is 223 g/mol. The van der Waals surface area contributed by atoms with E-state index in [1.807, 2.05) is 13.8 Å². The molecule has 1 aromatic carbocycles. The molecule has 88 valence electrons. The number of nitrogens with one attached hydrogen (secondary N) is 1. The van der Waals surface area contributed by atoms with Gasteiger partial charge in [0.15, 0.2) is 11.5 Å². The van der Waals surface area contributed by atoms with Gasteiger partial charge in [0.2, 0.25) is 0 Å². The highest BCUT2D eigenvalue weighted by Crippen LogP contribution is 2.28. The highest BCUT2D eigenvalue weighted by atomic mass is 16.5. The minimum absolute atomic E-state index is 0.0692. The molecule has 1 amide bonds. The first kappa shape index (κ1) is 12.4. The standard InChI is InChI=1S/C12H17NO3/c1-8(2)16-10-6-5-9(12(14)13-3)7-11(10)15-4/h5-8H,1-4H3,(H,13,14). The lowest BCUT2D eigenvalue weighted by atomic mass is 10.2. The third-order valence-corrected chi connectivity index (χ3v) is 2.02. The molecule has 0 radical (unpaired) electrons. The van der Waals surface area contributed by atoms with Gasteiger partial charge < -0.3 is 14.8 Å². The molecule has 1 aromatic rings. The van der Waals surface area contributed by atoms with Crippen LogP contribution in [0.15, 0.2) is 18.2 Å². The number of methoxy groups -OCH3 is 1. The van der Waals surface area contributed by atoms with Gasteiger partial charge in [-0.3, -0.25) is 4.79 Å². The van der Waals surface area contributed by atoms with Crippen molar-refractivity contribution in [1.82, 2.24) is 5.32 Å². The molecule has 16 heavy (non-hydrogen) atoms. The predicted molar refractivity (Wildman–Crippen MR) is 62.1 cm³/mol. The third kappa shape index (κ3) is 2.89. The average Bonchev–Trinajstić information content (AvgIpc) is 2.27. The van der Waals surface area contributed by atoms with E-state index in [4.69, 9.17) is 9.47 Å². The van der Waals surface area contributed by atoms with Crippen molar-refractivity contribution in [3.63, 3.8) is 0 Å². The van der Waals surface area contributed by atoms with E-state index >= 15 is 0 Å². The Balaban J connectivity index is 3.01. The number of hydrogen-bond acceptors (Lipinski definition) is 3. The van der Waals surface area contributed by atoms with Crippen molar-refractivity contribution in [3.8, 4) is 11.5 Å². The smallest absolute Gasteiger partial charge is 0.251 e. The largest absolute Gasteiger partial charge is 0.493 e. The van der Waals surface area contributed by atoms with Gasteiger partial charge in [-0.25, -0.2) is 0 Å². The average molecular weight is 223 g/mol. The SMILES string of the molecule is CNC(=O)c1ccc(OC(C)C)c(OC)c1. The summed E-state index contributed by atoms with van der Waals surface area (Å²) in [5.74, 6) is 1.06. The molecular formula is C12H17NO3. The summed E-state index contributed by atoms with van der Waals surface area (Å²) in [6.07, 6.45) is 0.0692. The summed E-state index contributed by atoms with van der Waals surface area (Å²) in [5.41, 5.74) is 0.551. The van der Waals surface area contributed by atoms with Crippen LogP contribution in [-0.4, -0.2) is 26.2 Å². The molecule has 0 unspecified atom stereocenters. The van der Waals surface area contributed by atoms with Gasteiger partial charge in [0, 0.05) is 12.6 Å². The number of hydrogen-bond donors (Lipinski definition) is 1. The van der Waals surface area contributed by atoms with E-state index < -0.39 is 0 Å². The minimum atomic E-state index is -0.144. The zero-order valence-electron chi connectivity index (χ0n) is 10.0. The van der Waals surface area contributed by atoms with E-state index in [-0.39, 0.29) is 12.0 Å². The summed E-state index contributed by atoms with van der Waals surface area (Å²) in [7, 11) is 3.14. The molecule has 0 spiro atoms. The van der Waals surface area contributed by atoms with E-state index in [9.17, 15) is 4.79 Å². The van der Waals surface area contributed by atoms with Crippen LogP contribution in [0.5, 0.6) is 11.5 Å². The van der Waals surface area contributed by atoms with E-state index in [0.29, 0.717) is 17.1 Å². The summed E-state index contributed by atoms with van der Waals surface area (Å²) in [6, 6.07) is 5.11. The van der Waals surface area contributed by atoms with Gasteiger partial charge >= 0.3 is 0 Å². The number of carbonyl (C=O) groups excluding carboxylic acids is 1. The van der Waals surface area contributed by atoms with Crippen LogP contribution in [0.3, 0.4) is 0 Å². The molecule has 4 heteroatoms. The molecule has 0 saturated carbocycles. The van der Waals surface area contributed by atoms with E-state index in [1.54, 1.807) is 32.4 Å². The van der Waals surface area contributed by atoms with Crippen molar-refractivity contribution in [2.75, 3.05) is 14.2 Å². The fraction of sp³-hybridized carbons (Fsp3) is 0.417. The van der Waals surface area contributed by atoms with Crippen LogP contribution in [0.2, 0.25) is 0 Å². The van der Waals surface area contributed by atoms with Gasteiger partial charge in [-0.2, -0.15) is 0 Å². The summed E-state index contributed by atoms with van der Waals surface area (Å²) >= 11 is 0. The van der Waals surface area contributed by atoms with Crippen LogP contribution >= 0.6 is 0 Å². The summed E-state index contributed by atoms with van der Waals surface area (Å²) < 4.78 is 10.7. The molecule has 0 fully saturated rings. The van der Waals surface area contributed by atoms with Crippen molar-refractivity contribution < 1.29 is 14.3 Å². The Morgan fingerprint density at radius 1 is 1.31 bits per heavy atom. The van der Waals surface area contributed by atoms with Crippen LogP contribution in [0, 0.1) is 0 Å². The zero-order valence-corrected chi connectivity index (χ0v) is 10.0. The van der Waals surface area contributed by atoms with Crippen LogP contribution in [0.4, 0.5) is 0 Å². The zero-order chi connectivity index (χ0) is 12.1. The maximum atomic E-state index is 11.4. The highest BCUT2D eigenvalue weighted by molar-refractivity contribution is 5.94. The normalized spacial score (nSPS) is 10.1. The summed E-state index contributed by atoms with van der Waals surface area (Å²) in [5, 5.41) is 2.56. The fourth-order valence-electron chi connectivity index (χ4n) is 1.30. The Hall–Kier alpha value is -1.71. The first-order valence-corrected chi connectivity index (χ1v) is 5.15. The molecule has 0 bridgehead atoms. The Bertz CT molecular complexity index is 375. The second-order valence-electron chi connectivity index (χ2n) is 3.61. The molecule has 0 atom stereocenters. The number of rotatable bonds is 4. The molecule has 0 aromatic heterocycles. The Morgan fingerprint density at radius 3 is 2.50 bits per heavy atom. The van der Waals surface area contributed by atoms with Crippen LogP contribution in [0.1, 0.15) is 24.2 Å². The van der Waals surface area contributed by atoms with E-state index in [1.165, 1.54) is 0 Å². The van der Waals surface area contributed by atoms with Crippen LogP contribution < -0.4 is 14.8 Å². The van der Waals surface area contributed by atoms with Gasteiger partial charge in [-0.05, 0) is 32.0 Å². The first-order valence-electron chi connectivity index (χ1n) is 5.15. The molecule has 1 N–H and O–H groups in total. The van der Waals surface area contributed by atoms with E-state index in [0.717, 1.165) is 0 Å². The molecule has 0 aliphatic heterocycles. The summed E-state index contributed by atoms with van der Waals surface area (Å²) in [6.45, 7) is 3.87. The van der Waals surface area contributed by atoms with Crippen molar-refractivity contribution in [3.05, 3.63) is 23.8 Å². The van der Waals surface area contributed by atoms with Crippen LogP contribution in [0.25, 0.3) is 0 Å². The second kappa shape index (κ2) is 5.39. The maximum absolute atomic E-state index is 11.4. The van der Waals surface area contributed by atoms with E-state index in [2.05, 4.69) is 5.32 Å². The maximum Gasteiger partial charge on any atom is 0.251 e. The van der Waals surface area contributed by atoms with Crippen LogP contribution in [-0.2, 0) is 0 Å². The third-order valence-electron chi connectivity index (χ3n) is 2.02. The lowest BCUT2D eigenvalue weighted by Crippen LogP contribution is -2.17. The molecule has 0 aliphatic rings. The topological polar surface area (TPSA) is 47.6 Å². The minimum Gasteiger partial charge on any atom is -0.493 e. The quantitative estimate of drug-likeness (QED) is 0.847. The molecular weight excluding hydrogens is 206 g/mol. The number of benzene rings is 1. The van der Waals surface area contributed by atoms with Gasteiger partial charge in [0.1, 0.15) is 0 Å². The molecule has 1 rings (SSSR count). The van der Waals surface area contributed by atoms with Crippen molar-refractivity contribution in [2.45, 2.75) is 20.0 Å². The lowest BCUT2D eigenvalue weighted by molar-refractivity contribution is 0.0962. The Morgan fingerprint density at radius 2 is 2.00 bits per heavy atom. The molecule has 0 heterocycles. The Kier molecular flexibility index (Phi) is 4.17. The molecule has 0 aliphatic carbocycles. The van der Waals surface area contributed by atoms with Crippen molar-refractivity contribution in [2.24, 2.45) is 0 Å². The fourth-order valence-corrected chi connectivity index (χ4v) is 1.30. The number of carbonyl (C=O) groups is 1. The molecule has 4 nitrogen and oxygen atoms in total.